The molecule has 144 valence electrons. The number of piperazine rings is 1. The van der Waals surface area contributed by atoms with Gasteiger partial charge in [0.2, 0.25) is 0 Å². The van der Waals surface area contributed by atoms with Gasteiger partial charge in [-0.25, -0.2) is 4.98 Å². The topological polar surface area (TPSA) is 62.6 Å². The molecule has 0 bridgehead atoms. The molecule has 4 heterocycles. The Morgan fingerprint density at radius 1 is 1.22 bits per heavy atom. The van der Waals surface area contributed by atoms with Crippen molar-refractivity contribution in [1.29, 1.82) is 0 Å². The number of aromatic nitrogens is 2. The van der Waals surface area contributed by atoms with Crippen molar-refractivity contribution in [3.63, 3.8) is 0 Å². The van der Waals surface area contributed by atoms with Crippen LogP contribution in [0.25, 0.3) is 0 Å². The monoisotopic (exact) mass is 433 g/mol. The van der Waals surface area contributed by atoms with Crippen LogP contribution in [0, 0.1) is 6.92 Å². The number of ether oxygens (including phenoxy) is 1. The van der Waals surface area contributed by atoms with Gasteiger partial charge in [0.05, 0.1) is 31.1 Å². The molecule has 0 aromatic carbocycles. The van der Waals surface area contributed by atoms with E-state index in [4.69, 9.17) is 4.74 Å². The van der Waals surface area contributed by atoms with Gasteiger partial charge < -0.3 is 19.5 Å². The number of nitrogens with one attached hydrogen (secondary N) is 1. The number of nitrogens with zero attached hydrogens (tertiary/aromatic N) is 4. The number of anilines is 3. The summed E-state index contributed by atoms with van der Waals surface area (Å²) in [5.74, 6) is 0.708. The summed E-state index contributed by atoms with van der Waals surface area (Å²) in [5.41, 5.74) is 2.57. The molecular formula is C19H24BrN5O2. The van der Waals surface area contributed by atoms with Crippen LogP contribution in [0.2, 0.25) is 0 Å². The highest BCUT2D eigenvalue weighted by atomic mass is 79.9. The highest BCUT2D eigenvalue weighted by Gasteiger charge is 2.29. The third-order valence-corrected chi connectivity index (χ3v) is 5.72. The molecule has 0 spiro atoms. The first kappa shape index (κ1) is 18.5. The SMILES string of the molecule is Cc1cc(N2CCN(C3COC3)CC2)cnc1Nc1cc(Br)cn(C)c1=O. The molecule has 2 aromatic rings. The van der Waals surface area contributed by atoms with Crippen LogP contribution in [-0.2, 0) is 11.8 Å². The highest BCUT2D eigenvalue weighted by Crippen LogP contribution is 2.24. The molecule has 0 atom stereocenters. The van der Waals surface area contributed by atoms with Gasteiger partial charge in [-0.1, -0.05) is 0 Å². The third-order valence-electron chi connectivity index (χ3n) is 5.28. The van der Waals surface area contributed by atoms with Gasteiger partial charge in [0.1, 0.15) is 11.5 Å². The Morgan fingerprint density at radius 2 is 1.96 bits per heavy atom. The van der Waals surface area contributed by atoms with E-state index in [1.807, 2.05) is 13.1 Å². The van der Waals surface area contributed by atoms with E-state index in [1.165, 1.54) is 0 Å². The van der Waals surface area contributed by atoms with Crippen LogP contribution in [0.4, 0.5) is 17.2 Å². The minimum absolute atomic E-state index is 0.0837. The fraction of sp³-hybridized carbons (Fsp3) is 0.474. The lowest BCUT2D eigenvalue weighted by molar-refractivity contribution is -0.0660. The van der Waals surface area contributed by atoms with Crippen molar-refractivity contribution >= 4 is 33.1 Å². The van der Waals surface area contributed by atoms with Gasteiger partial charge in [-0.05, 0) is 40.5 Å². The average Bonchev–Trinajstić information content (AvgIpc) is 2.60. The van der Waals surface area contributed by atoms with Crippen molar-refractivity contribution in [3.05, 3.63) is 44.9 Å². The van der Waals surface area contributed by atoms with E-state index in [-0.39, 0.29) is 5.56 Å². The summed E-state index contributed by atoms with van der Waals surface area (Å²) in [6.07, 6.45) is 3.63. The van der Waals surface area contributed by atoms with Gasteiger partial charge in [0.25, 0.3) is 5.56 Å². The second-order valence-corrected chi connectivity index (χ2v) is 8.10. The fourth-order valence-electron chi connectivity index (χ4n) is 3.53. The minimum Gasteiger partial charge on any atom is -0.378 e. The predicted molar refractivity (Wildman–Crippen MR) is 110 cm³/mol. The summed E-state index contributed by atoms with van der Waals surface area (Å²) in [6.45, 7) is 7.87. The van der Waals surface area contributed by atoms with Crippen LogP contribution in [0.15, 0.2) is 33.8 Å². The number of aryl methyl sites for hydroxylation is 2. The summed E-state index contributed by atoms with van der Waals surface area (Å²) < 4.78 is 7.69. The van der Waals surface area contributed by atoms with Crippen molar-refractivity contribution in [2.45, 2.75) is 13.0 Å². The maximum absolute atomic E-state index is 12.3. The van der Waals surface area contributed by atoms with E-state index in [0.29, 0.717) is 17.5 Å². The van der Waals surface area contributed by atoms with E-state index in [1.54, 1.807) is 23.9 Å². The van der Waals surface area contributed by atoms with E-state index in [2.05, 4.69) is 42.1 Å². The van der Waals surface area contributed by atoms with E-state index < -0.39 is 0 Å². The first-order valence-corrected chi connectivity index (χ1v) is 9.97. The van der Waals surface area contributed by atoms with Crippen molar-refractivity contribution < 1.29 is 4.74 Å². The maximum Gasteiger partial charge on any atom is 0.274 e. The second-order valence-electron chi connectivity index (χ2n) is 7.19. The van der Waals surface area contributed by atoms with Crippen molar-refractivity contribution in [2.75, 3.05) is 49.6 Å². The molecule has 7 nitrogen and oxygen atoms in total. The molecule has 0 aliphatic carbocycles. The number of hydrogen-bond acceptors (Lipinski definition) is 6. The zero-order valence-corrected chi connectivity index (χ0v) is 17.2. The minimum atomic E-state index is -0.0837. The molecule has 2 saturated heterocycles. The Kier molecular flexibility index (Phi) is 5.21. The van der Waals surface area contributed by atoms with Crippen LogP contribution in [0.5, 0.6) is 0 Å². The van der Waals surface area contributed by atoms with Gasteiger partial charge in [-0.2, -0.15) is 0 Å². The summed E-state index contributed by atoms with van der Waals surface area (Å²) in [4.78, 5) is 21.8. The third kappa shape index (κ3) is 3.88. The van der Waals surface area contributed by atoms with Gasteiger partial charge in [-0.3, -0.25) is 9.69 Å². The van der Waals surface area contributed by atoms with Crippen molar-refractivity contribution in [2.24, 2.45) is 7.05 Å². The standard InChI is InChI=1S/C19H24BrN5O2/c1-13-7-15(24-3-5-25(6-4-24)16-11-27-12-16)9-21-18(13)22-17-8-14(20)10-23(2)19(17)26/h7-10,16H,3-6,11-12H2,1-2H3,(H,21,22). The van der Waals surface area contributed by atoms with Crippen molar-refractivity contribution in [3.8, 4) is 0 Å². The van der Waals surface area contributed by atoms with Gasteiger partial charge >= 0.3 is 0 Å². The van der Waals surface area contributed by atoms with Gasteiger partial charge in [-0.15, -0.1) is 0 Å². The Bertz CT molecular complexity index is 888. The van der Waals surface area contributed by atoms with E-state index >= 15 is 0 Å². The molecule has 0 unspecified atom stereocenters. The van der Waals surface area contributed by atoms with Crippen LogP contribution >= 0.6 is 15.9 Å². The van der Waals surface area contributed by atoms with Gasteiger partial charge in [0, 0.05) is 43.9 Å². The number of hydrogen-bond donors (Lipinski definition) is 1. The van der Waals surface area contributed by atoms with Crippen LogP contribution < -0.4 is 15.8 Å². The largest absolute Gasteiger partial charge is 0.378 e. The Labute approximate surface area is 167 Å². The average molecular weight is 434 g/mol. The van der Waals surface area contributed by atoms with Gasteiger partial charge in [0.15, 0.2) is 0 Å². The molecular weight excluding hydrogens is 410 g/mol. The normalized spacial score (nSPS) is 18.4. The Morgan fingerprint density at radius 3 is 2.59 bits per heavy atom. The highest BCUT2D eigenvalue weighted by molar-refractivity contribution is 9.10. The molecule has 2 fully saturated rings. The Balaban J connectivity index is 1.46. The smallest absolute Gasteiger partial charge is 0.274 e. The zero-order valence-electron chi connectivity index (χ0n) is 15.6. The first-order valence-electron chi connectivity index (χ1n) is 9.18. The van der Waals surface area contributed by atoms with E-state index in [0.717, 1.165) is 55.1 Å². The summed E-state index contributed by atoms with van der Waals surface area (Å²) in [5, 5.41) is 3.17. The maximum atomic E-state index is 12.3. The zero-order chi connectivity index (χ0) is 19.0. The first-order chi connectivity index (χ1) is 13.0. The molecule has 2 aromatic heterocycles. The fourth-order valence-corrected chi connectivity index (χ4v) is 4.07. The molecule has 0 saturated carbocycles. The molecule has 4 rings (SSSR count). The number of pyridine rings is 2. The molecule has 0 radical (unpaired) electrons. The van der Waals surface area contributed by atoms with Crippen LogP contribution in [0.3, 0.4) is 0 Å². The lowest BCUT2D eigenvalue weighted by Gasteiger charge is -2.43. The summed E-state index contributed by atoms with van der Waals surface area (Å²) >= 11 is 3.43. The summed E-state index contributed by atoms with van der Waals surface area (Å²) in [7, 11) is 1.73. The second kappa shape index (κ2) is 7.61. The van der Waals surface area contributed by atoms with E-state index in [9.17, 15) is 4.79 Å². The molecule has 1 N–H and O–H groups in total. The lowest BCUT2D eigenvalue weighted by atomic mass is 10.1. The Hall–Kier alpha value is -1.90. The molecule has 0 amide bonds. The van der Waals surface area contributed by atoms with Crippen LogP contribution in [-0.4, -0.2) is 59.9 Å². The molecule has 2 aliphatic rings. The molecule has 8 heteroatoms. The predicted octanol–water partition coefficient (Wildman–Crippen LogP) is 2.12. The van der Waals surface area contributed by atoms with Crippen LogP contribution in [0.1, 0.15) is 5.56 Å². The number of halogens is 1. The van der Waals surface area contributed by atoms with Crippen molar-refractivity contribution in [1.82, 2.24) is 14.5 Å². The molecule has 2 aliphatic heterocycles. The lowest BCUT2D eigenvalue weighted by Crippen LogP contribution is -2.56. The molecule has 27 heavy (non-hydrogen) atoms. The number of rotatable bonds is 4. The summed E-state index contributed by atoms with van der Waals surface area (Å²) in [6, 6.07) is 4.52. The quantitative estimate of drug-likeness (QED) is 0.796.